The van der Waals surface area contributed by atoms with Crippen molar-refractivity contribution >= 4 is 23.6 Å². The normalized spacial score (nSPS) is 28.6. The number of hydrogen-bond acceptors (Lipinski definition) is 5. The molecule has 0 unspecified atom stereocenters. The fourth-order valence-corrected chi connectivity index (χ4v) is 5.50. The first-order valence-electron chi connectivity index (χ1n) is 10.9. The summed E-state index contributed by atoms with van der Waals surface area (Å²) < 4.78 is 0. The maximum absolute atomic E-state index is 13.6. The number of amides is 2. The van der Waals surface area contributed by atoms with Crippen LogP contribution in [-0.4, -0.2) is 40.4 Å². The summed E-state index contributed by atoms with van der Waals surface area (Å²) in [5, 5.41) is 6.37. The first-order valence-corrected chi connectivity index (χ1v) is 10.9. The highest BCUT2D eigenvalue weighted by Crippen LogP contribution is 2.44. The molecule has 2 saturated carbocycles. The van der Waals surface area contributed by atoms with E-state index in [1.807, 2.05) is 11.1 Å². The molecule has 1 spiro atoms. The third-order valence-corrected chi connectivity index (χ3v) is 7.09. The standard InChI is InChI=1S/C21H29N5O2/c27-18-21(10-11-22-18)12-14-13-23-20(24-15-6-2-1-3-7-15)25-17(14)26(19(21)28)16-8-4-5-9-16/h13,15-16H,1-12H2,(H,22,27)(H,23,24,25)/t21-/m1/s1. The Hall–Kier alpha value is -2.18. The monoisotopic (exact) mass is 383 g/mol. The lowest BCUT2D eigenvalue weighted by atomic mass is 9.76. The van der Waals surface area contributed by atoms with Crippen molar-refractivity contribution in [3.8, 4) is 0 Å². The van der Waals surface area contributed by atoms with Gasteiger partial charge in [0.15, 0.2) is 0 Å². The highest BCUT2D eigenvalue weighted by molar-refractivity contribution is 6.14. The molecule has 3 fully saturated rings. The van der Waals surface area contributed by atoms with Crippen LogP contribution in [0.25, 0.3) is 0 Å². The van der Waals surface area contributed by atoms with Crippen LogP contribution in [0.1, 0.15) is 69.8 Å². The van der Waals surface area contributed by atoms with Gasteiger partial charge in [0.1, 0.15) is 11.2 Å². The Morgan fingerprint density at radius 2 is 1.82 bits per heavy atom. The second-order valence-electron chi connectivity index (χ2n) is 8.90. The van der Waals surface area contributed by atoms with E-state index in [0.717, 1.165) is 49.9 Å². The number of anilines is 2. The summed E-state index contributed by atoms with van der Waals surface area (Å²) in [6.45, 7) is 0.570. The number of hydrogen-bond donors (Lipinski definition) is 2. The molecule has 1 aromatic rings. The summed E-state index contributed by atoms with van der Waals surface area (Å²) in [5.41, 5.74) is -0.0326. The SMILES string of the molecule is O=C1NCC[C@@]12Cc1cnc(NC3CCCCC3)nc1N(C1CCCC1)C2=O. The van der Waals surface area contributed by atoms with Crippen LogP contribution in [0.2, 0.25) is 0 Å². The molecule has 150 valence electrons. The molecule has 4 aliphatic rings. The van der Waals surface area contributed by atoms with Crippen LogP contribution >= 0.6 is 0 Å². The van der Waals surface area contributed by atoms with E-state index in [2.05, 4.69) is 15.6 Å². The molecule has 1 aromatic heterocycles. The molecule has 0 aromatic carbocycles. The minimum Gasteiger partial charge on any atom is -0.355 e. The summed E-state index contributed by atoms with van der Waals surface area (Å²) in [5.74, 6) is 1.17. The van der Waals surface area contributed by atoms with Gasteiger partial charge in [0, 0.05) is 36.8 Å². The molecule has 7 nitrogen and oxygen atoms in total. The van der Waals surface area contributed by atoms with Crippen molar-refractivity contribution in [2.45, 2.75) is 82.7 Å². The fourth-order valence-electron chi connectivity index (χ4n) is 5.50. The van der Waals surface area contributed by atoms with Crippen molar-refractivity contribution < 1.29 is 9.59 Å². The maximum atomic E-state index is 13.6. The van der Waals surface area contributed by atoms with Crippen LogP contribution in [-0.2, 0) is 16.0 Å². The van der Waals surface area contributed by atoms with Gasteiger partial charge in [-0.1, -0.05) is 32.1 Å². The predicted octanol–water partition coefficient (Wildman–Crippen LogP) is 2.56. The second kappa shape index (κ2) is 7.01. The number of carbonyl (C=O) groups is 2. The van der Waals surface area contributed by atoms with Gasteiger partial charge in [0.2, 0.25) is 17.8 Å². The Morgan fingerprint density at radius 1 is 1.07 bits per heavy atom. The first kappa shape index (κ1) is 17.9. The molecule has 2 aliphatic carbocycles. The van der Waals surface area contributed by atoms with Crippen molar-refractivity contribution in [1.29, 1.82) is 0 Å². The zero-order valence-corrected chi connectivity index (χ0v) is 16.4. The number of fused-ring (bicyclic) bond motifs is 1. The average molecular weight is 383 g/mol. The third kappa shape index (κ3) is 2.86. The number of nitrogens with one attached hydrogen (secondary N) is 2. The van der Waals surface area contributed by atoms with Crippen LogP contribution in [0.5, 0.6) is 0 Å². The third-order valence-electron chi connectivity index (χ3n) is 7.09. The van der Waals surface area contributed by atoms with Gasteiger partial charge in [-0.3, -0.25) is 14.5 Å². The highest BCUT2D eigenvalue weighted by atomic mass is 16.2. The molecule has 5 rings (SSSR count). The fraction of sp³-hybridized carbons (Fsp3) is 0.714. The van der Waals surface area contributed by atoms with Gasteiger partial charge in [-0.2, -0.15) is 4.98 Å². The summed E-state index contributed by atoms with van der Waals surface area (Å²) in [7, 11) is 0. The lowest BCUT2D eigenvalue weighted by Gasteiger charge is -2.41. The number of aromatic nitrogens is 2. The average Bonchev–Trinajstić information content (AvgIpc) is 3.35. The van der Waals surface area contributed by atoms with Crippen LogP contribution in [0.3, 0.4) is 0 Å². The van der Waals surface area contributed by atoms with E-state index in [1.165, 1.54) is 19.3 Å². The molecule has 2 N–H and O–H groups in total. The Balaban J connectivity index is 1.50. The minimum atomic E-state index is -0.961. The van der Waals surface area contributed by atoms with Gasteiger partial charge in [-0.25, -0.2) is 4.98 Å². The Bertz CT molecular complexity index is 785. The zero-order valence-electron chi connectivity index (χ0n) is 16.4. The van der Waals surface area contributed by atoms with Crippen molar-refractivity contribution in [1.82, 2.24) is 15.3 Å². The van der Waals surface area contributed by atoms with E-state index < -0.39 is 5.41 Å². The topological polar surface area (TPSA) is 87.2 Å². The quantitative estimate of drug-likeness (QED) is 0.784. The molecule has 1 saturated heterocycles. The smallest absolute Gasteiger partial charge is 0.244 e. The van der Waals surface area contributed by atoms with Gasteiger partial charge < -0.3 is 10.6 Å². The van der Waals surface area contributed by atoms with Gasteiger partial charge in [-0.05, 0) is 32.1 Å². The van der Waals surface area contributed by atoms with Crippen molar-refractivity contribution in [2.24, 2.45) is 5.41 Å². The number of nitrogens with zero attached hydrogens (tertiary/aromatic N) is 3. The lowest BCUT2D eigenvalue weighted by molar-refractivity contribution is -0.140. The number of rotatable bonds is 3. The van der Waals surface area contributed by atoms with Gasteiger partial charge in [0.05, 0.1) is 0 Å². The van der Waals surface area contributed by atoms with Crippen LogP contribution in [0.4, 0.5) is 11.8 Å². The highest BCUT2D eigenvalue weighted by Gasteiger charge is 2.56. The Kier molecular flexibility index (Phi) is 4.48. The summed E-state index contributed by atoms with van der Waals surface area (Å²) in [6, 6.07) is 0.562. The molecular weight excluding hydrogens is 354 g/mol. The van der Waals surface area contributed by atoms with E-state index >= 15 is 0 Å². The molecule has 0 bridgehead atoms. The molecule has 2 aliphatic heterocycles. The molecule has 0 radical (unpaired) electrons. The molecular formula is C21H29N5O2. The van der Waals surface area contributed by atoms with Gasteiger partial charge in [0.25, 0.3) is 0 Å². The van der Waals surface area contributed by atoms with Crippen molar-refractivity contribution in [3.05, 3.63) is 11.8 Å². The Labute approximate surface area is 165 Å². The van der Waals surface area contributed by atoms with Crippen molar-refractivity contribution in [2.75, 3.05) is 16.8 Å². The zero-order chi connectivity index (χ0) is 19.1. The molecule has 7 heteroatoms. The molecule has 28 heavy (non-hydrogen) atoms. The van der Waals surface area contributed by atoms with Crippen molar-refractivity contribution in [3.63, 3.8) is 0 Å². The number of carbonyl (C=O) groups excluding carboxylic acids is 2. The van der Waals surface area contributed by atoms with E-state index in [1.54, 1.807) is 0 Å². The first-order chi connectivity index (χ1) is 13.7. The predicted molar refractivity (Wildman–Crippen MR) is 106 cm³/mol. The van der Waals surface area contributed by atoms with E-state index in [4.69, 9.17) is 4.98 Å². The second-order valence-corrected chi connectivity index (χ2v) is 8.90. The lowest BCUT2D eigenvalue weighted by Crippen LogP contribution is -2.56. The molecule has 1 atom stereocenters. The summed E-state index contributed by atoms with van der Waals surface area (Å²) >= 11 is 0. The van der Waals surface area contributed by atoms with Crippen LogP contribution in [0.15, 0.2) is 6.20 Å². The van der Waals surface area contributed by atoms with Gasteiger partial charge >= 0.3 is 0 Å². The van der Waals surface area contributed by atoms with Crippen LogP contribution in [0, 0.1) is 5.41 Å². The molecule has 2 amide bonds. The minimum absolute atomic E-state index is 0.0517. The molecule has 3 heterocycles. The largest absolute Gasteiger partial charge is 0.355 e. The Morgan fingerprint density at radius 3 is 2.54 bits per heavy atom. The maximum Gasteiger partial charge on any atom is 0.244 e. The van der Waals surface area contributed by atoms with Gasteiger partial charge in [-0.15, -0.1) is 0 Å². The summed E-state index contributed by atoms with van der Waals surface area (Å²) in [6.07, 6.45) is 13.1. The van der Waals surface area contributed by atoms with E-state index in [-0.39, 0.29) is 17.9 Å². The van der Waals surface area contributed by atoms with E-state index in [9.17, 15) is 9.59 Å². The van der Waals surface area contributed by atoms with Crippen LogP contribution < -0.4 is 15.5 Å². The summed E-state index contributed by atoms with van der Waals surface area (Å²) in [4.78, 5) is 37.5. The van der Waals surface area contributed by atoms with E-state index in [0.29, 0.717) is 31.4 Å².